The van der Waals surface area contributed by atoms with Crippen LogP contribution in [0.4, 0.5) is 0 Å². The lowest BCUT2D eigenvalue weighted by molar-refractivity contribution is 0.0687. The van der Waals surface area contributed by atoms with Crippen molar-refractivity contribution in [1.29, 1.82) is 0 Å². The largest absolute Gasteiger partial charge is 0.476 e. The highest BCUT2D eigenvalue weighted by atomic mass is 32.1. The first-order valence-electron chi connectivity index (χ1n) is 4.91. The molecule has 1 aromatic rings. The van der Waals surface area contributed by atoms with E-state index in [1.165, 1.54) is 11.3 Å². The molecule has 0 fully saturated rings. The topological polar surface area (TPSA) is 68.7 Å². The van der Waals surface area contributed by atoms with Crippen molar-refractivity contribution in [3.63, 3.8) is 0 Å². The second-order valence-electron chi connectivity index (χ2n) is 3.17. The van der Waals surface area contributed by atoms with Crippen LogP contribution in [0.3, 0.4) is 0 Å². The van der Waals surface area contributed by atoms with Gasteiger partial charge in [0, 0.05) is 18.4 Å². The summed E-state index contributed by atoms with van der Waals surface area (Å²) in [5.41, 5.74) is 0.150. The predicted octanol–water partition coefficient (Wildman–Crippen LogP) is 1.36. The number of carboxylic acid groups (broad SMARTS) is 1. The molecule has 0 atom stereocenters. The molecule has 1 N–H and O–H groups in total. The minimum Gasteiger partial charge on any atom is -0.476 e. The fourth-order valence-corrected chi connectivity index (χ4v) is 2.07. The number of carboxylic acids is 1. The molecule has 0 spiro atoms. The van der Waals surface area contributed by atoms with E-state index in [2.05, 4.69) is 4.98 Å². The zero-order valence-electron chi connectivity index (χ0n) is 9.36. The second-order valence-corrected chi connectivity index (χ2v) is 4.46. The summed E-state index contributed by atoms with van der Waals surface area (Å²) in [6.45, 7) is 3.41. The van der Waals surface area contributed by atoms with Crippen molar-refractivity contribution >= 4 is 17.3 Å². The molecule has 0 radical (unpaired) electrons. The normalized spacial score (nSPS) is 10.6. The van der Waals surface area contributed by atoms with Gasteiger partial charge in [-0.15, -0.1) is 11.3 Å². The number of aromatic carboxylic acids is 1. The molecule has 1 rings (SSSR count). The number of rotatable bonds is 7. The van der Waals surface area contributed by atoms with Crippen LogP contribution in [-0.2, 0) is 15.9 Å². The number of aryl methyl sites for hydroxylation is 1. The van der Waals surface area contributed by atoms with Crippen molar-refractivity contribution in [1.82, 2.24) is 4.98 Å². The molecular weight excluding hydrogens is 230 g/mol. The highest BCUT2D eigenvalue weighted by molar-refractivity contribution is 7.11. The number of thiazole rings is 1. The summed E-state index contributed by atoms with van der Waals surface area (Å²) in [5.74, 6) is -0.972. The summed E-state index contributed by atoms with van der Waals surface area (Å²) in [6, 6.07) is 0. The van der Waals surface area contributed by atoms with Crippen molar-refractivity contribution < 1.29 is 19.4 Å². The number of hydrogen-bond acceptors (Lipinski definition) is 5. The zero-order chi connectivity index (χ0) is 12.0. The lowest BCUT2D eigenvalue weighted by Gasteiger charge is -2.00. The third-order valence-corrected chi connectivity index (χ3v) is 2.97. The monoisotopic (exact) mass is 245 g/mol. The molecule has 0 saturated heterocycles. The molecule has 1 aromatic heterocycles. The molecule has 6 heteroatoms. The maximum atomic E-state index is 10.7. The SMILES string of the molecule is COCCOCCc1nc(C(=O)O)c(C)s1. The lowest BCUT2D eigenvalue weighted by Crippen LogP contribution is -2.05. The van der Waals surface area contributed by atoms with Crippen LogP contribution in [0.15, 0.2) is 0 Å². The van der Waals surface area contributed by atoms with E-state index in [4.69, 9.17) is 14.6 Å². The average molecular weight is 245 g/mol. The molecule has 0 aromatic carbocycles. The van der Waals surface area contributed by atoms with E-state index in [0.29, 0.717) is 26.2 Å². The van der Waals surface area contributed by atoms with E-state index in [0.717, 1.165) is 9.88 Å². The van der Waals surface area contributed by atoms with Gasteiger partial charge in [0.1, 0.15) is 0 Å². The van der Waals surface area contributed by atoms with Gasteiger partial charge in [-0.3, -0.25) is 0 Å². The van der Waals surface area contributed by atoms with E-state index in [1.807, 2.05) is 0 Å². The zero-order valence-corrected chi connectivity index (χ0v) is 10.2. The van der Waals surface area contributed by atoms with Crippen LogP contribution in [0.25, 0.3) is 0 Å². The minimum atomic E-state index is -0.972. The van der Waals surface area contributed by atoms with Gasteiger partial charge in [0.05, 0.1) is 24.8 Å². The van der Waals surface area contributed by atoms with Gasteiger partial charge in [-0.2, -0.15) is 0 Å². The van der Waals surface area contributed by atoms with Gasteiger partial charge in [-0.25, -0.2) is 9.78 Å². The highest BCUT2D eigenvalue weighted by Gasteiger charge is 2.13. The van der Waals surface area contributed by atoms with E-state index in [9.17, 15) is 4.79 Å². The quantitative estimate of drug-likeness (QED) is 0.734. The third kappa shape index (κ3) is 3.88. The Labute approximate surface area is 98.0 Å². The Bertz CT molecular complexity index is 351. The number of ether oxygens (including phenoxy) is 2. The van der Waals surface area contributed by atoms with Crippen LogP contribution < -0.4 is 0 Å². The maximum absolute atomic E-state index is 10.7. The van der Waals surface area contributed by atoms with Crippen LogP contribution in [0.1, 0.15) is 20.4 Å². The van der Waals surface area contributed by atoms with Crippen molar-refractivity contribution in [2.24, 2.45) is 0 Å². The van der Waals surface area contributed by atoms with Gasteiger partial charge >= 0.3 is 5.97 Å². The number of methoxy groups -OCH3 is 1. The number of carbonyl (C=O) groups is 1. The Morgan fingerprint density at radius 2 is 2.19 bits per heavy atom. The molecule has 0 aliphatic heterocycles. The standard InChI is InChI=1S/C10H15NO4S/c1-7-9(10(12)13)11-8(16-7)3-4-15-6-5-14-2/h3-6H2,1-2H3,(H,12,13). The highest BCUT2D eigenvalue weighted by Crippen LogP contribution is 2.17. The molecule has 90 valence electrons. The summed E-state index contributed by atoms with van der Waals surface area (Å²) < 4.78 is 10.1. The summed E-state index contributed by atoms with van der Waals surface area (Å²) in [5, 5.41) is 9.62. The Hall–Kier alpha value is -0.980. The van der Waals surface area contributed by atoms with Gasteiger partial charge in [-0.1, -0.05) is 0 Å². The van der Waals surface area contributed by atoms with Crippen LogP contribution in [0.5, 0.6) is 0 Å². The fourth-order valence-electron chi connectivity index (χ4n) is 1.16. The van der Waals surface area contributed by atoms with E-state index in [1.54, 1.807) is 14.0 Å². The van der Waals surface area contributed by atoms with Gasteiger partial charge in [0.2, 0.25) is 0 Å². The van der Waals surface area contributed by atoms with Gasteiger partial charge in [0.15, 0.2) is 5.69 Å². The molecule has 1 heterocycles. The molecule has 0 bridgehead atoms. The lowest BCUT2D eigenvalue weighted by atomic mass is 10.4. The summed E-state index contributed by atoms with van der Waals surface area (Å²) >= 11 is 1.40. The summed E-state index contributed by atoms with van der Waals surface area (Å²) in [4.78, 5) is 15.5. The van der Waals surface area contributed by atoms with E-state index >= 15 is 0 Å². The van der Waals surface area contributed by atoms with Crippen LogP contribution in [0, 0.1) is 6.92 Å². The first-order chi connectivity index (χ1) is 7.65. The first-order valence-corrected chi connectivity index (χ1v) is 5.73. The molecule has 0 unspecified atom stereocenters. The van der Waals surface area contributed by atoms with Crippen molar-refractivity contribution in [3.05, 3.63) is 15.6 Å². The molecule has 16 heavy (non-hydrogen) atoms. The Morgan fingerprint density at radius 3 is 2.75 bits per heavy atom. The van der Waals surface area contributed by atoms with Crippen LogP contribution in [0.2, 0.25) is 0 Å². The van der Waals surface area contributed by atoms with Crippen molar-refractivity contribution in [2.45, 2.75) is 13.3 Å². The molecule has 0 aliphatic rings. The smallest absolute Gasteiger partial charge is 0.355 e. The fraction of sp³-hybridized carbons (Fsp3) is 0.600. The van der Waals surface area contributed by atoms with E-state index in [-0.39, 0.29) is 5.69 Å². The Morgan fingerprint density at radius 1 is 1.44 bits per heavy atom. The number of nitrogens with zero attached hydrogens (tertiary/aromatic N) is 1. The second kappa shape index (κ2) is 6.57. The maximum Gasteiger partial charge on any atom is 0.355 e. The van der Waals surface area contributed by atoms with Crippen LogP contribution >= 0.6 is 11.3 Å². The van der Waals surface area contributed by atoms with Gasteiger partial charge < -0.3 is 14.6 Å². The number of hydrogen-bond donors (Lipinski definition) is 1. The van der Waals surface area contributed by atoms with Crippen molar-refractivity contribution in [2.75, 3.05) is 26.9 Å². The third-order valence-electron chi connectivity index (χ3n) is 1.94. The van der Waals surface area contributed by atoms with Gasteiger partial charge in [-0.05, 0) is 6.92 Å². The number of aromatic nitrogens is 1. The van der Waals surface area contributed by atoms with Crippen LogP contribution in [-0.4, -0.2) is 43.0 Å². The average Bonchev–Trinajstić information content (AvgIpc) is 2.59. The Balaban J connectivity index is 2.37. The summed E-state index contributed by atoms with van der Waals surface area (Å²) in [7, 11) is 1.62. The van der Waals surface area contributed by atoms with E-state index < -0.39 is 5.97 Å². The summed E-state index contributed by atoms with van der Waals surface area (Å²) in [6.07, 6.45) is 0.641. The first kappa shape index (κ1) is 13.1. The molecular formula is C10H15NO4S. The Kier molecular flexibility index (Phi) is 5.37. The molecule has 0 saturated carbocycles. The predicted molar refractivity (Wildman–Crippen MR) is 60.2 cm³/mol. The molecule has 0 amide bonds. The van der Waals surface area contributed by atoms with Crippen molar-refractivity contribution in [3.8, 4) is 0 Å². The minimum absolute atomic E-state index is 0.150. The van der Waals surface area contributed by atoms with Gasteiger partial charge in [0.25, 0.3) is 0 Å². The molecule has 5 nitrogen and oxygen atoms in total. The molecule has 0 aliphatic carbocycles.